The van der Waals surface area contributed by atoms with Crippen molar-refractivity contribution in [3.05, 3.63) is 35.1 Å². The van der Waals surface area contributed by atoms with Crippen LogP contribution in [0.4, 0.5) is 4.39 Å². The van der Waals surface area contributed by atoms with E-state index in [0.717, 1.165) is 5.56 Å². The molecule has 0 bridgehead atoms. The smallest absolute Gasteiger partial charge is 0.124 e. The van der Waals surface area contributed by atoms with Gasteiger partial charge in [0.1, 0.15) is 5.82 Å². The summed E-state index contributed by atoms with van der Waals surface area (Å²) in [6.07, 6.45) is 0.343. The van der Waals surface area contributed by atoms with Gasteiger partial charge in [-0.25, -0.2) is 4.39 Å². The fourth-order valence-corrected chi connectivity index (χ4v) is 1.57. The fraction of sp³-hybridized carbons (Fsp3) is 0.500. The molecule has 4 heteroatoms. The van der Waals surface area contributed by atoms with Gasteiger partial charge in [0.15, 0.2) is 0 Å². The SMILES string of the molecule is CCOCC(C)OCc1ccc(F)cc1C#CCCO. The van der Waals surface area contributed by atoms with Crippen molar-refractivity contribution >= 4 is 0 Å². The molecular weight excluding hydrogens is 259 g/mol. The molecule has 0 radical (unpaired) electrons. The Kier molecular flexibility index (Phi) is 7.89. The van der Waals surface area contributed by atoms with Gasteiger partial charge in [-0.2, -0.15) is 0 Å². The summed E-state index contributed by atoms with van der Waals surface area (Å²) in [6, 6.07) is 4.45. The summed E-state index contributed by atoms with van der Waals surface area (Å²) in [5.74, 6) is 5.33. The Bertz CT molecular complexity index is 463. The summed E-state index contributed by atoms with van der Waals surface area (Å²) in [4.78, 5) is 0. The van der Waals surface area contributed by atoms with E-state index in [9.17, 15) is 4.39 Å². The molecule has 0 saturated carbocycles. The maximum Gasteiger partial charge on any atom is 0.124 e. The molecule has 3 nitrogen and oxygen atoms in total. The first-order valence-electron chi connectivity index (χ1n) is 6.74. The van der Waals surface area contributed by atoms with E-state index in [4.69, 9.17) is 14.6 Å². The van der Waals surface area contributed by atoms with Crippen molar-refractivity contribution in [2.45, 2.75) is 33.0 Å². The molecule has 1 aromatic rings. The van der Waals surface area contributed by atoms with Crippen LogP contribution in [0, 0.1) is 17.7 Å². The van der Waals surface area contributed by atoms with Gasteiger partial charge < -0.3 is 14.6 Å². The Morgan fingerprint density at radius 3 is 2.90 bits per heavy atom. The molecule has 0 heterocycles. The van der Waals surface area contributed by atoms with E-state index >= 15 is 0 Å². The molecule has 110 valence electrons. The zero-order valence-corrected chi connectivity index (χ0v) is 12.0. The van der Waals surface area contributed by atoms with Gasteiger partial charge in [0.05, 0.1) is 25.9 Å². The predicted molar refractivity (Wildman–Crippen MR) is 75.7 cm³/mol. The van der Waals surface area contributed by atoms with Crippen LogP contribution >= 0.6 is 0 Å². The van der Waals surface area contributed by atoms with Gasteiger partial charge in [0.2, 0.25) is 0 Å². The van der Waals surface area contributed by atoms with Crippen LogP contribution in [0.2, 0.25) is 0 Å². The maximum absolute atomic E-state index is 13.2. The highest BCUT2D eigenvalue weighted by atomic mass is 19.1. The average molecular weight is 280 g/mol. The predicted octanol–water partition coefficient (Wildman–Crippen LogP) is 2.50. The Labute approximate surface area is 119 Å². The van der Waals surface area contributed by atoms with Crippen LogP contribution in [0.15, 0.2) is 18.2 Å². The Hall–Kier alpha value is -1.41. The minimum Gasteiger partial charge on any atom is -0.395 e. The first-order chi connectivity index (χ1) is 9.67. The van der Waals surface area contributed by atoms with Crippen LogP contribution in [-0.4, -0.2) is 31.0 Å². The van der Waals surface area contributed by atoms with Crippen molar-refractivity contribution in [3.63, 3.8) is 0 Å². The van der Waals surface area contributed by atoms with Crippen LogP contribution in [0.3, 0.4) is 0 Å². The molecule has 1 rings (SSSR count). The lowest BCUT2D eigenvalue weighted by Gasteiger charge is -2.13. The molecular formula is C16H21FO3. The number of ether oxygens (including phenoxy) is 2. The van der Waals surface area contributed by atoms with Gasteiger partial charge in [-0.05, 0) is 31.5 Å². The summed E-state index contributed by atoms with van der Waals surface area (Å²) in [5, 5.41) is 8.71. The first kappa shape index (κ1) is 16.6. The number of rotatable bonds is 7. The third-order valence-electron chi connectivity index (χ3n) is 2.61. The molecule has 0 aliphatic carbocycles. The van der Waals surface area contributed by atoms with Crippen LogP contribution < -0.4 is 0 Å². The third-order valence-corrected chi connectivity index (χ3v) is 2.61. The molecule has 1 atom stereocenters. The number of aliphatic hydroxyl groups is 1. The van der Waals surface area contributed by atoms with E-state index in [-0.39, 0.29) is 18.5 Å². The first-order valence-corrected chi connectivity index (χ1v) is 6.74. The van der Waals surface area contributed by atoms with Gasteiger partial charge in [-0.1, -0.05) is 17.9 Å². The highest BCUT2D eigenvalue weighted by Gasteiger charge is 2.06. The standard InChI is InChI=1S/C16H21FO3/c1-3-19-11-13(2)20-12-15-7-8-16(17)10-14(15)6-4-5-9-18/h7-8,10,13,18H,3,5,9,11-12H2,1-2H3. The molecule has 0 spiro atoms. The van der Waals surface area contributed by atoms with Gasteiger partial charge in [0.25, 0.3) is 0 Å². The number of hydrogen-bond donors (Lipinski definition) is 1. The second kappa shape index (κ2) is 9.49. The second-order valence-corrected chi connectivity index (χ2v) is 4.36. The Balaban J connectivity index is 2.67. The lowest BCUT2D eigenvalue weighted by atomic mass is 10.1. The maximum atomic E-state index is 13.2. The van der Waals surface area contributed by atoms with Crippen molar-refractivity contribution in [3.8, 4) is 11.8 Å². The topological polar surface area (TPSA) is 38.7 Å². The van der Waals surface area contributed by atoms with Crippen molar-refractivity contribution in [2.24, 2.45) is 0 Å². The lowest BCUT2D eigenvalue weighted by Crippen LogP contribution is -2.16. The van der Waals surface area contributed by atoms with Crippen LogP contribution in [0.25, 0.3) is 0 Å². The number of halogens is 1. The highest BCUT2D eigenvalue weighted by Crippen LogP contribution is 2.13. The second-order valence-electron chi connectivity index (χ2n) is 4.36. The highest BCUT2D eigenvalue weighted by molar-refractivity contribution is 5.41. The normalized spacial score (nSPS) is 11.8. The van der Waals surface area contributed by atoms with Crippen LogP contribution in [0.1, 0.15) is 31.4 Å². The van der Waals surface area contributed by atoms with Crippen LogP contribution in [0.5, 0.6) is 0 Å². The van der Waals surface area contributed by atoms with Crippen molar-refractivity contribution in [1.29, 1.82) is 0 Å². The molecule has 0 aliphatic heterocycles. The summed E-state index contributed by atoms with van der Waals surface area (Å²) in [6.45, 7) is 5.40. The van der Waals surface area contributed by atoms with Crippen molar-refractivity contribution in [1.82, 2.24) is 0 Å². The minimum absolute atomic E-state index is 0.000457. The van der Waals surface area contributed by atoms with Crippen LogP contribution in [-0.2, 0) is 16.1 Å². The van der Waals surface area contributed by atoms with E-state index in [1.54, 1.807) is 6.07 Å². The summed E-state index contributed by atoms with van der Waals surface area (Å²) < 4.78 is 24.2. The fourth-order valence-electron chi connectivity index (χ4n) is 1.57. The van der Waals surface area contributed by atoms with Crippen molar-refractivity contribution in [2.75, 3.05) is 19.8 Å². The lowest BCUT2D eigenvalue weighted by molar-refractivity contribution is -0.0117. The number of hydrogen-bond acceptors (Lipinski definition) is 3. The Morgan fingerprint density at radius 2 is 2.20 bits per heavy atom. The molecule has 0 aromatic heterocycles. The quantitative estimate of drug-likeness (QED) is 0.780. The molecule has 1 N–H and O–H groups in total. The van der Waals surface area contributed by atoms with Gasteiger partial charge in [0, 0.05) is 18.6 Å². The van der Waals surface area contributed by atoms with E-state index in [0.29, 0.717) is 31.8 Å². The third kappa shape index (κ3) is 6.16. The van der Waals surface area contributed by atoms with Gasteiger partial charge in [-0.15, -0.1) is 0 Å². The average Bonchev–Trinajstić information content (AvgIpc) is 2.44. The van der Waals surface area contributed by atoms with Gasteiger partial charge in [-0.3, -0.25) is 0 Å². The minimum atomic E-state index is -0.329. The summed E-state index contributed by atoms with van der Waals surface area (Å²) >= 11 is 0. The Morgan fingerprint density at radius 1 is 1.40 bits per heavy atom. The summed E-state index contributed by atoms with van der Waals surface area (Å²) in [7, 11) is 0. The molecule has 0 fully saturated rings. The molecule has 0 saturated heterocycles. The van der Waals surface area contributed by atoms with Crippen molar-refractivity contribution < 1.29 is 19.0 Å². The molecule has 1 unspecified atom stereocenters. The van der Waals surface area contributed by atoms with E-state index in [2.05, 4.69) is 11.8 Å². The zero-order chi connectivity index (χ0) is 14.8. The zero-order valence-electron chi connectivity index (χ0n) is 12.0. The van der Waals surface area contributed by atoms with Gasteiger partial charge >= 0.3 is 0 Å². The molecule has 0 amide bonds. The number of aliphatic hydroxyl groups excluding tert-OH is 1. The molecule has 0 aliphatic rings. The largest absolute Gasteiger partial charge is 0.395 e. The monoisotopic (exact) mass is 280 g/mol. The van der Waals surface area contributed by atoms with E-state index in [1.807, 2.05) is 13.8 Å². The molecule has 20 heavy (non-hydrogen) atoms. The molecule has 1 aromatic carbocycles. The van der Waals surface area contributed by atoms with E-state index < -0.39 is 0 Å². The van der Waals surface area contributed by atoms with E-state index in [1.165, 1.54) is 12.1 Å². The summed E-state index contributed by atoms with van der Waals surface area (Å²) in [5.41, 5.74) is 1.43. The number of benzene rings is 1.